The molecular weight excluding hydrogens is 386 g/mol. The topological polar surface area (TPSA) is 76.1 Å². The Bertz CT molecular complexity index is 772. The van der Waals surface area contributed by atoms with E-state index >= 15 is 0 Å². The van der Waals surface area contributed by atoms with Crippen molar-refractivity contribution in [3.8, 4) is 0 Å². The van der Waals surface area contributed by atoms with Crippen molar-refractivity contribution in [2.75, 3.05) is 13.2 Å². The van der Waals surface area contributed by atoms with E-state index < -0.39 is 11.2 Å². The van der Waals surface area contributed by atoms with Gasteiger partial charge in [0.1, 0.15) is 6.73 Å². The van der Waals surface area contributed by atoms with E-state index in [1.54, 1.807) is 0 Å². The summed E-state index contributed by atoms with van der Waals surface area (Å²) >= 11 is 3.49. The number of H-pyrrole nitrogens is 1. The summed E-state index contributed by atoms with van der Waals surface area (Å²) in [6, 6.07) is 9.95. The van der Waals surface area contributed by atoms with Crippen molar-refractivity contribution in [2.45, 2.75) is 39.0 Å². The van der Waals surface area contributed by atoms with Crippen LogP contribution in [-0.2, 0) is 11.5 Å². The van der Waals surface area contributed by atoms with Gasteiger partial charge in [-0.2, -0.15) is 0 Å². The first-order valence-corrected chi connectivity index (χ1v) is 9.22. The Balaban J connectivity index is 1.55. The van der Waals surface area contributed by atoms with Crippen LogP contribution in [-0.4, -0.2) is 22.7 Å². The van der Waals surface area contributed by atoms with Crippen LogP contribution < -0.4 is 16.6 Å². The molecule has 0 unspecified atom stereocenters. The molecular formula is C18H24BrN3O3. The van der Waals surface area contributed by atoms with Crippen LogP contribution in [0, 0.1) is 0 Å². The van der Waals surface area contributed by atoms with Gasteiger partial charge in [-0.15, -0.1) is 0 Å². The molecule has 0 bridgehead atoms. The van der Waals surface area contributed by atoms with Gasteiger partial charge in [-0.25, -0.2) is 4.79 Å². The first-order chi connectivity index (χ1) is 12.1. The molecule has 0 saturated heterocycles. The highest BCUT2D eigenvalue weighted by atomic mass is 79.9. The molecule has 0 fully saturated rings. The fourth-order valence-corrected chi connectivity index (χ4v) is 2.84. The number of halogens is 1. The molecule has 1 aromatic carbocycles. The number of hydrogen-bond acceptors (Lipinski definition) is 4. The minimum Gasteiger partial charge on any atom is -0.361 e. The maximum atomic E-state index is 11.5. The Kier molecular flexibility index (Phi) is 8.11. The Hall–Kier alpha value is -1.70. The number of unbranched alkanes of at least 4 members (excludes halogenated alkanes) is 2. The second-order valence-corrected chi connectivity index (χ2v) is 6.82. The largest absolute Gasteiger partial charge is 0.361 e. The Morgan fingerprint density at radius 2 is 2.08 bits per heavy atom. The molecule has 2 rings (SSSR count). The van der Waals surface area contributed by atoms with Gasteiger partial charge >= 0.3 is 5.69 Å². The molecule has 0 radical (unpaired) electrons. The molecule has 2 aromatic rings. The van der Waals surface area contributed by atoms with Gasteiger partial charge in [-0.3, -0.25) is 14.3 Å². The van der Waals surface area contributed by atoms with E-state index in [4.69, 9.17) is 4.74 Å². The van der Waals surface area contributed by atoms with E-state index in [1.807, 2.05) is 12.1 Å². The minimum atomic E-state index is -0.446. The maximum absolute atomic E-state index is 11.5. The average Bonchev–Trinajstić information content (AvgIpc) is 2.58. The second-order valence-electron chi connectivity index (χ2n) is 5.91. The van der Waals surface area contributed by atoms with Gasteiger partial charge in [0, 0.05) is 29.4 Å². The quantitative estimate of drug-likeness (QED) is 0.591. The first-order valence-electron chi connectivity index (χ1n) is 8.42. The van der Waals surface area contributed by atoms with Crippen molar-refractivity contribution in [3.63, 3.8) is 0 Å². The van der Waals surface area contributed by atoms with Gasteiger partial charge in [0.2, 0.25) is 0 Å². The van der Waals surface area contributed by atoms with Crippen LogP contribution in [0.2, 0.25) is 0 Å². The monoisotopic (exact) mass is 409 g/mol. The number of aromatic nitrogens is 2. The lowest BCUT2D eigenvalue weighted by Gasteiger charge is -2.14. The summed E-state index contributed by atoms with van der Waals surface area (Å²) in [5, 5.41) is 3.51. The summed E-state index contributed by atoms with van der Waals surface area (Å²) in [6.45, 7) is 3.86. The van der Waals surface area contributed by atoms with E-state index in [0.29, 0.717) is 12.6 Å². The number of ether oxygens (including phenoxy) is 1. The van der Waals surface area contributed by atoms with Crippen molar-refractivity contribution in [1.29, 1.82) is 0 Å². The molecule has 0 aliphatic rings. The van der Waals surface area contributed by atoms with Crippen molar-refractivity contribution >= 4 is 15.9 Å². The highest BCUT2D eigenvalue weighted by molar-refractivity contribution is 9.10. The highest BCUT2D eigenvalue weighted by Crippen LogP contribution is 2.17. The third kappa shape index (κ3) is 6.97. The summed E-state index contributed by atoms with van der Waals surface area (Å²) in [7, 11) is 0. The third-order valence-corrected chi connectivity index (χ3v) is 4.39. The zero-order chi connectivity index (χ0) is 18.1. The zero-order valence-corrected chi connectivity index (χ0v) is 15.9. The van der Waals surface area contributed by atoms with Crippen molar-refractivity contribution < 1.29 is 4.74 Å². The van der Waals surface area contributed by atoms with E-state index in [9.17, 15) is 9.59 Å². The number of hydrogen-bond donors (Lipinski definition) is 2. The van der Waals surface area contributed by atoms with Crippen LogP contribution in [0.5, 0.6) is 0 Å². The van der Waals surface area contributed by atoms with E-state index in [2.05, 4.69) is 45.3 Å². The lowest BCUT2D eigenvalue weighted by Crippen LogP contribution is -2.29. The summed E-state index contributed by atoms with van der Waals surface area (Å²) in [4.78, 5) is 24.6. The van der Waals surface area contributed by atoms with Gasteiger partial charge in [0.15, 0.2) is 0 Å². The van der Waals surface area contributed by atoms with Crippen LogP contribution in [0.4, 0.5) is 0 Å². The fraction of sp³-hybridized carbons (Fsp3) is 0.444. The third-order valence-electron chi connectivity index (χ3n) is 3.89. The molecule has 0 spiro atoms. The van der Waals surface area contributed by atoms with Crippen LogP contribution in [0.3, 0.4) is 0 Å². The molecule has 1 atom stereocenters. The molecule has 25 heavy (non-hydrogen) atoms. The standard InChI is InChI=1S/C18H24BrN3O3/c1-14(15-6-5-7-16(19)12-15)20-9-3-2-4-11-25-13-22-10-8-17(23)21-18(22)24/h5-8,10,12,14,20H,2-4,9,11,13H2,1H3,(H,21,23,24)/t14-/m1/s1. The zero-order valence-electron chi connectivity index (χ0n) is 14.3. The second kappa shape index (κ2) is 10.3. The Morgan fingerprint density at radius 3 is 2.84 bits per heavy atom. The number of benzene rings is 1. The normalized spacial score (nSPS) is 12.2. The lowest BCUT2D eigenvalue weighted by atomic mass is 10.1. The van der Waals surface area contributed by atoms with Gasteiger partial charge in [-0.05, 0) is 50.4 Å². The predicted octanol–water partition coefficient (Wildman–Crippen LogP) is 2.79. The molecule has 136 valence electrons. The summed E-state index contributed by atoms with van der Waals surface area (Å²) < 4.78 is 7.90. The molecule has 0 amide bonds. The molecule has 2 N–H and O–H groups in total. The van der Waals surface area contributed by atoms with Gasteiger partial charge in [0.05, 0.1) is 0 Å². The summed E-state index contributed by atoms with van der Waals surface area (Å²) in [5.74, 6) is 0. The fourth-order valence-electron chi connectivity index (χ4n) is 2.43. The maximum Gasteiger partial charge on any atom is 0.330 e. The molecule has 6 nitrogen and oxygen atoms in total. The van der Waals surface area contributed by atoms with Crippen LogP contribution in [0.15, 0.2) is 50.6 Å². The molecule has 0 aliphatic carbocycles. The van der Waals surface area contributed by atoms with Crippen LogP contribution in [0.1, 0.15) is 37.8 Å². The number of nitrogens with one attached hydrogen (secondary N) is 2. The van der Waals surface area contributed by atoms with E-state index in [-0.39, 0.29) is 6.73 Å². The molecule has 1 aromatic heterocycles. The Morgan fingerprint density at radius 1 is 1.24 bits per heavy atom. The Labute approximate surface area is 155 Å². The van der Waals surface area contributed by atoms with Crippen molar-refractivity contribution in [3.05, 3.63) is 67.4 Å². The first kappa shape index (κ1) is 19.6. The van der Waals surface area contributed by atoms with Gasteiger partial charge in [-0.1, -0.05) is 28.1 Å². The average molecular weight is 410 g/mol. The SMILES string of the molecule is C[C@@H](NCCCCCOCn1ccc(=O)[nH]c1=O)c1cccc(Br)c1. The lowest BCUT2D eigenvalue weighted by molar-refractivity contribution is 0.0707. The van der Waals surface area contributed by atoms with Crippen LogP contribution >= 0.6 is 15.9 Å². The van der Waals surface area contributed by atoms with E-state index in [1.165, 1.54) is 22.4 Å². The molecule has 0 aliphatic heterocycles. The number of rotatable bonds is 10. The van der Waals surface area contributed by atoms with Gasteiger partial charge in [0.25, 0.3) is 5.56 Å². The summed E-state index contributed by atoms with van der Waals surface area (Å²) in [5.41, 5.74) is 0.424. The number of aromatic amines is 1. The van der Waals surface area contributed by atoms with Crippen molar-refractivity contribution in [1.82, 2.24) is 14.9 Å². The van der Waals surface area contributed by atoms with E-state index in [0.717, 1.165) is 30.3 Å². The van der Waals surface area contributed by atoms with Crippen molar-refractivity contribution in [2.24, 2.45) is 0 Å². The molecule has 1 heterocycles. The smallest absolute Gasteiger partial charge is 0.330 e. The molecule has 0 saturated carbocycles. The van der Waals surface area contributed by atoms with Crippen LogP contribution in [0.25, 0.3) is 0 Å². The van der Waals surface area contributed by atoms with Gasteiger partial charge < -0.3 is 10.1 Å². The number of nitrogens with zero attached hydrogens (tertiary/aromatic N) is 1. The predicted molar refractivity (Wildman–Crippen MR) is 102 cm³/mol. The highest BCUT2D eigenvalue weighted by Gasteiger charge is 2.04. The minimum absolute atomic E-state index is 0.160. The summed E-state index contributed by atoms with van der Waals surface area (Å²) in [6.07, 6.45) is 4.50. The molecule has 7 heteroatoms.